The van der Waals surface area contributed by atoms with Crippen LogP contribution < -0.4 is 0 Å². The Bertz CT molecular complexity index is 259. The molecule has 2 fully saturated rings. The van der Waals surface area contributed by atoms with Crippen LogP contribution in [0.4, 0.5) is 0 Å². The fourth-order valence-electron chi connectivity index (χ4n) is 3.13. The molecule has 0 radical (unpaired) electrons. The van der Waals surface area contributed by atoms with Gasteiger partial charge in [0, 0.05) is 25.4 Å². The smallest absolute Gasteiger partial charge is 0.137 e. The molecular weight excluding hydrogens is 198 g/mol. The van der Waals surface area contributed by atoms with E-state index in [0.717, 1.165) is 18.9 Å². The lowest BCUT2D eigenvalue weighted by Gasteiger charge is -2.34. The second kappa shape index (κ2) is 4.87. The number of carbonyl (C=O) groups excluding carboxylic acids is 1. The molecule has 92 valence electrons. The van der Waals surface area contributed by atoms with Crippen LogP contribution >= 0.6 is 0 Å². The highest BCUT2D eigenvalue weighted by Gasteiger charge is 2.33. The molecular formula is C14H25NO. The highest BCUT2D eigenvalue weighted by Crippen LogP contribution is 2.33. The van der Waals surface area contributed by atoms with Gasteiger partial charge in [-0.05, 0) is 44.1 Å². The summed E-state index contributed by atoms with van der Waals surface area (Å²) in [4.78, 5) is 14.4. The van der Waals surface area contributed by atoms with Gasteiger partial charge in [0.25, 0.3) is 0 Å². The van der Waals surface area contributed by atoms with Crippen LogP contribution in [0.25, 0.3) is 0 Å². The summed E-state index contributed by atoms with van der Waals surface area (Å²) in [5.41, 5.74) is 0. The van der Waals surface area contributed by atoms with Gasteiger partial charge in [0.1, 0.15) is 5.78 Å². The molecule has 0 aromatic rings. The van der Waals surface area contributed by atoms with Gasteiger partial charge in [-0.25, -0.2) is 0 Å². The molecule has 2 saturated carbocycles. The first kappa shape index (κ1) is 12.1. The van der Waals surface area contributed by atoms with Crippen LogP contribution in [-0.2, 0) is 4.79 Å². The summed E-state index contributed by atoms with van der Waals surface area (Å²) in [6, 6.07) is 0. The highest BCUT2D eigenvalue weighted by molar-refractivity contribution is 5.82. The molecule has 0 saturated heterocycles. The monoisotopic (exact) mass is 223 g/mol. The lowest BCUT2D eigenvalue weighted by Crippen LogP contribution is -2.39. The van der Waals surface area contributed by atoms with Gasteiger partial charge in [0.15, 0.2) is 0 Å². The van der Waals surface area contributed by atoms with E-state index in [9.17, 15) is 4.79 Å². The molecule has 0 spiro atoms. The Balaban J connectivity index is 1.84. The summed E-state index contributed by atoms with van der Waals surface area (Å²) in [6.45, 7) is 6.65. The average molecular weight is 223 g/mol. The molecule has 3 atom stereocenters. The summed E-state index contributed by atoms with van der Waals surface area (Å²) >= 11 is 0. The molecule has 0 heterocycles. The van der Waals surface area contributed by atoms with Gasteiger partial charge in [-0.1, -0.05) is 13.8 Å². The molecule has 16 heavy (non-hydrogen) atoms. The maximum atomic E-state index is 12.0. The van der Waals surface area contributed by atoms with Crippen molar-refractivity contribution in [3.05, 3.63) is 0 Å². The van der Waals surface area contributed by atoms with Crippen molar-refractivity contribution in [3.63, 3.8) is 0 Å². The van der Waals surface area contributed by atoms with Crippen LogP contribution in [0.15, 0.2) is 0 Å². The first-order valence-electron chi connectivity index (χ1n) is 6.77. The van der Waals surface area contributed by atoms with Crippen LogP contribution in [-0.4, -0.2) is 30.8 Å². The molecule has 0 amide bonds. The second-order valence-corrected chi connectivity index (χ2v) is 6.26. The number of nitrogens with zero attached hydrogens (tertiary/aromatic N) is 1. The maximum Gasteiger partial charge on any atom is 0.137 e. The van der Waals surface area contributed by atoms with E-state index in [1.165, 1.54) is 25.8 Å². The Morgan fingerprint density at radius 1 is 1.25 bits per heavy atom. The number of hydrogen-bond acceptors (Lipinski definition) is 2. The molecule has 0 aliphatic heterocycles. The molecule has 2 nitrogen and oxygen atoms in total. The summed E-state index contributed by atoms with van der Waals surface area (Å²) in [7, 11) is 2.18. The van der Waals surface area contributed by atoms with Gasteiger partial charge < -0.3 is 4.90 Å². The molecule has 0 aromatic heterocycles. The third kappa shape index (κ3) is 3.07. The van der Waals surface area contributed by atoms with Gasteiger partial charge in [0.2, 0.25) is 0 Å². The van der Waals surface area contributed by atoms with Gasteiger partial charge in [-0.3, -0.25) is 4.79 Å². The van der Waals surface area contributed by atoms with E-state index in [0.29, 0.717) is 23.5 Å². The predicted molar refractivity (Wildman–Crippen MR) is 66.3 cm³/mol. The van der Waals surface area contributed by atoms with Crippen molar-refractivity contribution in [1.29, 1.82) is 0 Å². The Hall–Kier alpha value is -0.370. The molecule has 2 rings (SSSR count). The van der Waals surface area contributed by atoms with Gasteiger partial charge in [-0.2, -0.15) is 0 Å². The number of carbonyl (C=O) groups is 1. The zero-order valence-corrected chi connectivity index (χ0v) is 10.9. The quantitative estimate of drug-likeness (QED) is 0.730. The molecule has 0 bridgehead atoms. The predicted octanol–water partition coefficient (Wildman–Crippen LogP) is 2.58. The van der Waals surface area contributed by atoms with Gasteiger partial charge in [0.05, 0.1) is 0 Å². The molecule has 0 N–H and O–H groups in total. The van der Waals surface area contributed by atoms with Crippen LogP contribution in [0.5, 0.6) is 0 Å². The molecule has 3 unspecified atom stereocenters. The van der Waals surface area contributed by atoms with E-state index in [1.54, 1.807) is 0 Å². The van der Waals surface area contributed by atoms with Crippen LogP contribution in [0, 0.1) is 23.7 Å². The summed E-state index contributed by atoms with van der Waals surface area (Å²) in [5.74, 6) is 2.93. The van der Waals surface area contributed by atoms with Crippen LogP contribution in [0.2, 0.25) is 0 Å². The molecule has 2 heteroatoms. The zero-order chi connectivity index (χ0) is 11.7. The van der Waals surface area contributed by atoms with Crippen molar-refractivity contribution in [1.82, 2.24) is 4.90 Å². The number of hydrogen-bond donors (Lipinski definition) is 0. The summed E-state index contributed by atoms with van der Waals surface area (Å²) < 4.78 is 0. The van der Waals surface area contributed by atoms with E-state index in [2.05, 4.69) is 25.8 Å². The first-order chi connectivity index (χ1) is 7.56. The lowest BCUT2D eigenvalue weighted by atomic mass is 9.74. The van der Waals surface area contributed by atoms with Crippen LogP contribution in [0.3, 0.4) is 0 Å². The van der Waals surface area contributed by atoms with Gasteiger partial charge in [-0.15, -0.1) is 0 Å². The second-order valence-electron chi connectivity index (χ2n) is 6.26. The number of rotatable bonds is 4. The van der Waals surface area contributed by atoms with Crippen molar-refractivity contribution >= 4 is 5.78 Å². The minimum Gasteiger partial charge on any atom is -0.305 e. The Labute approximate surface area is 99.4 Å². The maximum absolute atomic E-state index is 12.0. The highest BCUT2D eigenvalue weighted by atomic mass is 16.1. The Morgan fingerprint density at radius 3 is 2.50 bits per heavy atom. The lowest BCUT2D eigenvalue weighted by molar-refractivity contribution is -0.128. The van der Waals surface area contributed by atoms with E-state index in [4.69, 9.17) is 0 Å². The normalized spacial score (nSPS) is 35.8. The average Bonchev–Trinajstić information content (AvgIpc) is 2.95. The summed E-state index contributed by atoms with van der Waals surface area (Å²) in [6.07, 6.45) is 4.84. The number of Topliss-reactive ketones (excluding diaryl/α,β-unsaturated/α-hetero) is 1. The van der Waals surface area contributed by atoms with Crippen molar-refractivity contribution in [2.45, 2.75) is 39.5 Å². The third-order valence-electron chi connectivity index (χ3n) is 4.20. The van der Waals surface area contributed by atoms with Crippen molar-refractivity contribution < 1.29 is 4.79 Å². The fourth-order valence-corrected chi connectivity index (χ4v) is 3.13. The van der Waals surface area contributed by atoms with Crippen molar-refractivity contribution in [3.8, 4) is 0 Å². The van der Waals surface area contributed by atoms with Crippen molar-refractivity contribution in [2.75, 3.05) is 20.1 Å². The minimum absolute atomic E-state index is 0.306. The largest absolute Gasteiger partial charge is 0.305 e. The minimum atomic E-state index is 0.306. The Kier molecular flexibility index (Phi) is 3.68. The van der Waals surface area contributed by atoms with Crippen molar-refractivity contribution in [2.24, 2.45) is 23.7 Å². The third-order valence-corrected chi connectivity index (χ3v) is 4.20. The van der Waals surface area contributed by atoms with E-state index in [1.807, 2.05) is 0 Å². The van der Waals surface area contributed by atoms with E-state index < -0.39 is 0 Å². The molecule has 0 aromatic carbocycles. The summed E-state index contributed by atoms with van der Waals surface area (Å²) in [5, 5.41) is 0. The number of ketones is 1. The first-order valence-corrected chi connectivity index (χ1v) is 6.77. The molecule has 2 aliphatic rings. The standard InChI is InChI=1S/C14H25NO/c1-10-6-11(2)13(14(16)7-10)9-15(3)8-12-4-5-12/h10-13H,4-9H2,1-3H3. The Morgan fingerprint density at radius 2 is 1.94 bits per heavy atom. The van der Waals surface area contributed by atoms with E-state index >= 15 is 0 Å². The zero-order valence-electron chi connectivity index (χ0n) is 10.9. The van der Waals surface area contributed by atoms with E-state index in [-0.39, 0.29) is 0 Å². The topological polar surface area (TPSA) is 20.3 Å². The SMILES string of the molecule is CC1CC(=O)C(CN(C)CC2CC2)C(C)C1. The van der Waals surface area contributed by atoms with Crippen LogP contribution in [0.1, 0.15) is 39.5 Å². The molecule has 2 aliphatic carbocycles. The fraction of sp³-hybridized carbons (Fsp3) is 0.929. The van der Waals surface area contributed by atoms with Gasteiger partial charge >= 0.3 is 0 Å².